The van der Waals surface area contributed by atoms with E-state index in [1.165, 1.54) is 0 Å². The number of nitrogens with one attached hydrogen (secondary N) is 1. The predicted octanol–water partition coefficient (Wildman–Crippen LogP) is 4.07. The van der Waals surface area contributed by atoms with E-state index in [0.717, 1.165) is 34.5 Å². The molecule has 0 saturated carbocycles. The molecule has 1 saturated heterocycles. The molecule has 2 atom stereocenters. The van der Waals surface area contributed by atoms with Gasteiger partial charge in [0.1, 0.15) is 5.75 Å². The topological polar surface area (TPSA) is 41.6 Å². The van der Waals surface area contributed by atoms with Crippen LogP contribution in [-0.2, 0) is 0 Å². The van der Waals surface area contributed by atoms with Crippen LogP contribution in [0, 0.1) is 13.8 Å². The van der Waals surface area contributed by atoms with E-state index in [4.69, 9.17) is 4.74 Å². The number of carbonyl (C=O) groups excluding carboxylic acids is 1. The lowest BCUT2D eigenvalue weighted by Crippen LogP contribution is -2.65. The lowest BCUT2D eigenvalue weighted by molar-refractivity contribution is 0.0378. The zero-order valence-electron chi connectivity index (χ0n) is 13.6. The third kappa shape index (κ3) is 2.01. The number of amides is 2. The Balaban J connectivity index is 1.84. The van der Waals surface area contributed by atoms with Gasteiger partial charge in [0.05, 0.1) is 11.7 Å². The van der Waals surface area contributed by atoms with Gasteiger partial charge in [-0.1, -0.05) is 30.3 Å². The molecule has 0 spiro atoms. The van der Waals surface area contributed by atoms with Crippen LogP contribution < -0.4 is 15.0 Å². The first-order valence-corrected chi connectivity index (χ1v) is 7.94. The zero-order chi connectivity index (χ0) is 16.2. The molecule has 1 N–H and O–H groups in total. The van der Waals surface area contributed by atoms with Crippen LogP contribution in [-0.4, -0.2) is 11.8 Å². The summed E-state index contributed by atoms with van der Waals surface area (Å²) in [7, 11) is 0. The molecule has 4 nitrogen and oxygen atoms in total. The fourth-order valence-corrected chi connectivity index (χ4v) is 3.66. The molecule has 0 unspecified atom stereocenters. The van der Waals surface area contributed by atoms with Crippen LogP contribution in [0.4, 0.5) is 10.5 Å². The van der Waals surface area contributed by atoms with Crippen LogP contribution >= 0.6 is 0 Å². The average molecular weight is 308 g/mol. The lowest BCUT2D eigenvalue weighted by Gasteiger charge is -2.51. The third-order valence-corrected chi connectivity index (χ3v) is 5.00. The Morgan fingerprint density at radius 2 is 1.96 bits per heavy atom. The average Bonchev–Trinajstić information content (AvgIpc) is 2.50. The molecule has 0 aliphatic carbocycles. The van der Waals surface area contributed by atoms with Crippen LogP contribution in [0.1, 0.15) is 36.1 Å². The standard InChI is InChI=1S/C19H20N2O2/c1-12-7-6-9-16(13(12)2)21-18(22)20-15-11-19(21,3)23-17-10-5-4-8-14(15)17/h4-10,15H,11H2,1-3H3,(H,20,22)/t15-,19-/m0/s1. The Morgan fingerprint density at radius 1 is 1.17 bits per heavy atom. The van der Waals surface area contributed by atoms with Crippen molar-refractivity contribution in [2.75, 3.05) is 4.90 Å². The minimum atomic E-state index is -0.681. The quantitative estimate of drug-likeness (QED) is 0.862. The second-order valence-electron chi connectivity index (χ2n) is 6.58. The van der Waals surface area contributed by atoms with E-state index in [-0.39, 0.29) is 12.1 Å². The molecule has 2 heterocycles. The van der Waals surface area contributed by atoms with Crippen molar-refractivity contribution in [3.8, 4) is 5.75 Å². The Kier molecular flexibility index (Phi) is 2.92. The highest BCUT2D eigenvalue weighted by Crippen LogP contribution is 2.45. The van der Waals surface area contributed by atoms with Gasteiger partial charge < -0.3 is 10.1 Å². The van der Waals surface area contributed by atoms with Gasteiger partial charge in [-0.05, 0) is 44.0 Å². The number of fused-ring (bicyclic) bond motifs is 4. The first kappa shape index (κ1) is 14.1. The number of ether oxygens (including phenoxy) is 1. The smallest absolute Gasteiger partial charge is 0.325 e. The molecule has 2 amide bonds. The lowest BCUT2D eigenvalue weighted by atomic mass is 9.89. The van der Waals surface area contributed by atoms with Crippen LogP contribution in [0.3, 0.4) is 0 Å². The van der Waals surface area contributed by atoms with Crippen LogP contribution in [0.25, 0.3) is 0 Å². The number of nitrogens with zero attached hydrogens (tertiary/aromatic N) is 1. The number of anilines is 1. The Labute approximate surface area is 136 Å². The first-order chi connectivity index (χ1) is 11.0. The largest absolute Gasteiger partial charge is 0.467 e. The minimum Gasteiger partial charge on any atom is -0.467 e. The molecule has 2 bridgehead atoms. The van der Waals surface area contributed by atoms with E-state index < -0.39 is 5.72 Å². The Hall–Kier alpha value is -2.49. The molecule has 2 aliphatic heterocycles. The van der Waals surface area contributed by atoms with E-state index in [9.17, 15) is 4.79 Å². The third-order valence-electron chi connectivity index (χ3n) is 5.00. The Morgan fingerprint density at radius 3 is 2.78 bits per heavy atom. The molecule has 1 fully saturated rings. The number of aryl methyl sites for hydroxylation is 1. The summed E-state index contributed by atoms with van der Waals surface area (Å²) in [6.45, 7) is 6.10. The van der Waals surface area contributed by atoms with Crippen LogP contribution in [0.15, 0.2) is 42.5 Å². The van der Waals surface area contributed by atoms with E-state index in [2.05, 4.69) is 18.3 Å². The van der Waals surface area contributed by atoms with E-state index >= 15 is 0 Å². The molecular formula is C19H20N2O2. The van der Waals surface area contributed by atoms with E-state index in [0.29, 0.717) is 0 Å². The number of rotatable bonds is 1. The molecule has 0 aromatic heterocycles. The van der Waals surface area contributed by atoms with Crippen molar-refractivity contribution in [3.63, 3.8) is 0 Å². The van der Waals surface area contributed by atoms with Crippen molar-refractivity contribution >= 4 is 11.7 Å². The number of para-hydroxylation sites is 1. The molecular weight excluding hydrogens is 288 g/mol. The molecule has 2 aromatic rings. The van der Waals surface area contributed by atoms with Crippen molar-refractivity contribution < 1.29 is 9.53 Å². The highest BCUT2D eigenvalue weighted by atomic mass is 16.5. The summed E-state index contributed by atoms with van der Waals surface area (Å²) >= 11 is 0. The summed E-state index contributed by atoms with van der Waals surface area (Å²) in [5.41, 5.74) is 3.55. The summed E-state index contributed by atoms with van der Waals surface area (Å²) in [6, 6.07) is 13.9. The SMILES string of the molecule is Cc1cccc(N2C(=O)N[C@H]3C[C@]2(C)Oc2ccccc23)c1C. The molecule has 2 aliphatic rings. The van der Waals surface area contributed by atoms with Gasteiger partial charge in [0.15, 0.2) is 5.72 Å². The van der Waals surface area contributed by atoms with E-state index in [1.807, 2.05) is 50.2 Å². The second-order valence-corrected chi connectivity index (χ2v) is 6.58. The highest BCUT2D eigenvalue weighted by Gasteiger charge is 2.50. The molecule has 23 heavy (non-hydrogen) atoms. The zero-order valence-corrected chi connectivity index (χ0v) is 13.6. The maximum atomic E-state index is 12.8. The fourth-order valence-electron chi connectivity index (χ4n) is 3.66. The van der Waals surface area contributed by atoms with Gasteiger partial charge in [-0.25, -0.2) is 4.79 Å². The van der Waals surface area contributed by atoms with E-state index in [1.54, 1.807) is 4.90 Å². The molecule has 4 heteroatoms. The highest BCUT2D eigenvalue weighted by molar-refractivity contribution is 5.95. The number of urea groups is 1. The molecule has 4 rings (SSSR count). The maximum absolute atomic E-state index is 12.8. The second kappa shape index (κ2) is 4.75. The summed E-state index contributed by atoms with van der Waals surface area (Å²) < 4.78 is 6.29. The number of hydrogen-bond donors (Lipinski definition) is 1. The summed E-state index contributed by atoms with van der Waals surface area (Å²) in [6.07, 6.45) is 0.725. The summed E-state index contributed by atoms with van der Waals surface area (Å²) in [4.78, 5) is 14.6. The first-order valence-electron chi connectivity index (χ1n) is 7.94. The summed E-state index contributed by atoms with van der Waals surface area (Å²) in [5, 5.41) is 3.13. The number of hydrogen-bond acceptors (Lipinski definition) is 2. The van der Waals surface area contributed by atoms with Gasteiger partial charge in [-0.2, -0.15) is 0 Å². The van der Waals surface area contributed by atoms with Crippen LogP contribution in [0.5, 0.6) is 5.75 Å². The molecule has 2 aromatic carbocycles. The van der Waals surface area contributed by atoms with Gasteiger partial charge in [0.25, 0.3) is 0 Å². The van der Waals surface area contributed by atoms with Crippen molar-refractivity contribution in [1.82, 2.24) is 5.32 Å². The van der Waals surface area contributed by atoms with Crippen molar-refractivity contribution in [3.05, 3.63) is 59.2 Å². The maximum Gasteiger partial charge on any atom is 0.325 e. The van der Waals surface area contributed by atoms with Crippen molar-refractivity contribution in [2.24, 2.45) is 0 Å². The summed E-state index contributed by atoms with van der Waals surface area (Å²) in [5.74, 6) is 0.849. The number of benzene rings is 2. The number of carbonyl (C=O) groups is 1. The fraction of sp³-hybridized carbons (Fsp3) is 0.316. The normalized spacial score (nSPS) is 25.4. The van der Waals surface area contributed by atoms with Gasteiger partial charge >= 0.3 is 6.03 Å². The minimum absolute atomic E-state index is 0.00110. The van der Waals surface area contributed by atoms with Crippen molar-refractivity contribution in [2.45, 2.75) is 39.0 Å². The monoisotopic (exact) mass is 308 g/mol. The Bertz CT molecular complexity index is 802. The van der Waals surface area contributed by atoms with Gasteiger partial charge in [0, 0.05) is 12.0 Å². The molecule has 0 radical (unpaired) electrons. The van der Waals surface area contributed by atoms with Crippen molar-refractivity contribution in [1.29, 1.82) is 0 Å². The van der Waals surface area contributed by atoms with Gasteiger partial charge in [0.2, 0.25) is 0 Å². The van der Waals surface area contributed by atoms with Gasteiger partial charge in [-0.15, -0.1) is 0 Å². The molecule has 118 valence electrons. The van der Waals surface area contributed by atoms with Crippen LogP contribution in [0.2, 0.25) is 0 Å². The predicted molar refractivity (Wildman–Crippen MR) is 89.8 cm³/mol. The van der Waals surface area contributed by atoms with Gasteiger partial charge in [-0.3, -0.25) is 4.90 Å².